The molecule has 4 N–H and O–H groups in total. The van der Waals surface area contributed by atoms with Gasteiger partial charge < -0.3 is 11.1 Å². The highest BCUT2D eigenvalue weighted by atomic mass is 19.1. The van der Waals surface area contributed by atoms with Crippen molar-refractivity contribution in [3.8, 4) is 0 Å². The average Bonchev–Trinajstić information content (AvgIpc) is 2.30. The molecular weight excluding hydrogens is 223 g/mol. The number of nitrogens with zero attached hydrogens (tertiary/aromatic N) is 1. The fourth-order valence-electron chi connectivity index (χ4n) is 1.54. The van der Waals surface area contributed by atoms with E-state index in [1.54, 1.807) is 12.1 Å². The monoisotopic (exact) mass is 238 g/mol. The van der Waals surface area contributed by atoms with Crippen molar-refractivity contribution in [1.82, 2.24) is 5.32 Å². The van der Waals surface area contributed by atoms with Crippen molar-refractivity contribution in [2.75, 3.05) is 11.9 Å². The van der Waals surface area contributed by atoms with Gasteiger partial charge in [-0.1, -0.05) is 19.1 Å². The van der Waals surface area contributed by atoms with Crippen LogP contribution in [0.15, 0.2) is 18.2 Å². The van der Waals surface area contributed by atoms with Crippen LogP contribution in [0.3, 0.4) is 0 Å². The Kier molecular flexibility index (Phi) is 4.03. The molecule has 0 radical (unpaired) electrons. The molecule has 0 aliphatic heterocycles. The lowest BCUT2D eigenvalue weighted by molar-refractivity contribution is 0.250. The van der Waals surface area contributed by atoms with Crippen LogP contribution in [-0.2, 0) is 6.42 Å². The number of para-hydroxylation sites is 1. The second-order valence-electron chi connectivity index (χ2n) is 3.38. The number of anilines is 1. The SMILES string of the molecule is CCc1cccc(F)c1N(C(=N)N)C(=O)NC. The van der Waals surface area contributed by atoms with Crippen LogP contribution in [0.25, 0.3) is 0 Å². The van der Waals surface area contributed by atoms with Gasteiger partial charge in [0.25, 0.3) is 0 Å². The van der Waals surface area contributed by atoms with Crippen LogP contribution in [0, 0.1) is 11.2 Å². The molecule has 1 rings (SSSR count). The van der Waals surface area contributed by atoms with Crippen LogP contribution in [0.1, 0.15) is 12.5 Å². The molecule has 0 heterocycles. The molecule has 0 saturated carbocycles. The lowest BCUT2D eigenvalue weighted by Gasteiger charge is -2.23. The van der Waals surface area contributed by atoms with Gasteiger partial charge in [-0.05, 0) is 18.1 Å². The first kappa shape index (κ1) is 13.0. The number of aryl methyl sites for hydroxylation is 1. The summed E-state index contributed by atoms with van der Waals surface area (Å²) in [6.45, 7) is 1.83. The number of hydrogen-bond acceptors (Lipinski definition) is 2. The number of amides is 2. The van der Waals surface area contributed by atoms with Gasteiger partial charge in [-0.2, -0.15) is 0 Å². The van der Waals surface area contributed by atoms with Crippen molar-refractivity contribution in [3.05, 3.63) is 29.6 Å². The Morgan fingerprint density at radius 2 is 2.24 bits per heavy atom. The maximum absolute atomic E-state index is 13.8. The zero-order valence-corrected chi connectivity index (χ0v) is 9.75. The molecule has 0 aromatic heterocycles. The Morgan fingerprint density at radius 1 is 1.59 bits per heavy atom. The van der Waals surface area contributed by atoms with Crippen LogP contribution >= 0.6 is 0 Å². The van der Waals surface area contributed by atoms with E-state index in [1.165, 1.54) is 13.1 Å². The van der Waals surface area contributed by atoms with E-state index >= 15 is 0 Å². The van der Waals surface area contributed by atoms with Crippen LogP contribution in [0.4, 0.5) is 14.9 Å². The van der Waals surface area contributed by atoms with E-state index in [1.807, 2.05) is 6.92 Å². The fourth-order valence-corrected chi connectivity index (χ4v) is 1.54. The van der Waals surface area contributed by atoms with Gasteiger partial charge in [-0.25, -0.2) is 14.1 Å². The fraction of sp³-hybridized carbons (Fsp3) is 0.273. The van der Waals surface area contributed by atoms with Crippen LogP contribution in [0.2, 0.25) is 0 Å². The van der Waals surface area contributed by atoms with E-state index < -0.39 is 17.8 Å². The van der Waals surface area contributed by atoms with Crippen molar-refractivity contribution in [1.29, 1.82) is 5.41 Å². The van der Waals surface area contributed by atoms with E-state index in [0.29, 0.717) is 12.0 Å². The number of carbonyl (C=O) groups is 1. The summed E-state index contributed by atoms with van der Waals surface area (Å²) < 4.78 is 13.8. The van der Waals surface area contributed by atoms with Gasteiger partial charge in [0.1, 0.15) is 5.82 Å². The van der Waals surface area contributed by atoms with Crippen molar-refractivity contribution in [2.45, 2.75) is 13.3 Å². The Morgan fingerprint density at radius 3 is 2.71 bits per heavy atom. The maximum atomic E-state index is 13.8. The second-order valence-corrected chi connectivity index (χ2v) is 3.38. The first-order valence-electron chi connectivity index (χ1n) is 5.16. The quantitative estimate of drug-likeness (QED) is 0.538. The van der Waals surface area contributed by atoms with Crippen molar-refractivity contribution in [3.63, 3.8) is 0 Å². The van der Waals surface area contributed by atoms with Gasteiger partial charge in [0.15, 0.2) is 0 Å². The number of nitrogens with one attached hydrogen (secondary N) is 2. The lowest BCUT2D eigenvalue weighted by atomic mass is 10.1. The highest BCUT2D eigenvalue weighted by Gasteiger charge is 2.23. The van der Waals surface area contributed by atoms with E-state index in [-0.39, 0.29) is 5.69 Å². The topological polar surface area (TPSA) is 82.2 Å². The summed E-state index contributed by atoms with van der Waals surface area (Å²) in [6, 6.07) is 3.84. The Bertz CT molecular complexity index is 447. The highest BCUT2D eigenvalue weighted by molar-refractivity contribution is 6.14. The third-order valence-electron chi connectivity index (χ3n) is 2.33. The smallest absolute Gasteiger partial charge is 0.328 e. The Labute approximate surface area is 98.9 Å². The summed E-state index contributed by atoms with van der Waals surface area (Å²) in [6.07, 6.45) is 0.536. The largest absolute Gasteiger partial charge is 0.369 e. The number of nitrogens with two attached hydrogens (primary N) is 1. The summed E-state index contributed by atoms with van der Waals surface area (Å²) in [5.41, 5.74) is 5.96. The van der Waals surface area contributed by atoms with E-state index in [0.717, 1.165) is 4.90 Å². The summed E-state index contributed by atoms with van der Waals surface area (Å²) in [7, 11) is 1.39. The molecule has 0 unspecified atom stereocenters. The van der Waals surface area contributed by atoms with Gasteiger partial charge >= 0.3 is 6.03 Å². The van der Waals surface area contributed by atoms with Crippen LogP contribution in [-0.4, -0.2) is 19.0 Å². The predicted molar refractivity (Wildman–Crippen MR) is 64.6 cm³/mol. The number of benzene rings is 1. The minimum Gasteiger partial charge on any atom is -0.369 e. The lowest BCUT2D eigenvalue weighted by Crippen LogP contribution is -2.47. The molecule has 92 valence electrons. The van der Waals surface area contributed by atoms with Crippen molar-refractivity contribution < 1.29 is 9.18 Å². The highest BCUT2D eigenvalue weighted by Crippen LogP contribution is 2.24. The summed E-state index contributed by atoms with van der Waals surface area (Å²) in [5, 5.41) is 9.69. The summed E-state index contributed by atoms with van der Waals surface area (Å²) in [4.78, 5) is 12.4. The molecule has 0 aliphatic carbocycles. The van der Waals surface area contributed by atoms with Crippen LogP contribution in [0.5, 0.6) is 0 Å². The van der Waals surface area contributed by atoms with Gasteiger partial charge in [-0.15, -0.1) is 0 Å². The van der Waals surface area contributed by atoms with Gasteiger partial charge in [0.2, 0.25) is 5.96 Å². The Hall–Kier alpha value is -2.11. The first-order chi connectivity index (χ1) is 8.02. The van der Waals surface area contributed by atoms with Gasteiger partial charge in [0, 0.05) is 7.05 Å². The predicted octanol–water partition coefficient (Wildman–Crippen LogP) is 1.43. The summed E-state index contributed by atoms with van der Waals surface area (Å²) in [5.74, 6) is -1.10. The zero-order valence-electron chi connectivity index (χ0n) is 9.75. The maximum Gasteiger partial charge on any atom is 0.328 e. The van der Waals surface area contributed by atoms with E-state index in [4.69, 9.17) is 11.1 Å². The molecule has 0 aliphatic rings. The molecule has 1 aromatic carbocycles. The number of halogens is 1. The normalized spacial score (nSPS) is 9.82. The molecule has 0 spiro atoms. The molecule has 17 heavy (non-hydrogen) atoms. The number of rotatable bonds is 2. The molecule has 6 heteroatoms. The van der Waals surface area contributed by atoms with Gasteiger partial charge in [0.05, 0.1) is 5.69 Å². The zero-order chi connectivity index (χ0) is 13.0. The molecular formula is C11H15FN4O. The third kappa shape index (κ3) is 2.52. The van der Waals surface area contributed by atoms with Gasteiger partial charge in [-0.3, -0.25) is 5.41 Å². The molecule has 0 saturated heterocycles. The number of guanidine groups is 1. The summed E-state index contributed by atoms with van der Waals surface area (Å²) >= 11 is 0. The Balaban J connectivity index is 3.37. The molecule has 1 aromatic rings. The van der Waals surface area contributed by atoms with E-state index in [2.05, 4.69) is 5.32 Å². The second kappa shape index (κ2) is 5.29. The van der Waals surface area contributed by atoms with Crippen molar-refractivity contribution >= 4 is 17.7 Å². The molecule has 0 fully saturated rings. The number of carbonyl (C=O) groups excluding carboxylic acids is 1. The molecule has 0 atom stereocenters. The third-order valence-corrected chi connectivity index (χ3v) is 2.33. The average molecular weight is 238 g/mol. The van der Waals surface area contributed by atoms with E-state index in [9.17, 15) is 9.18 Å². The van der Waals surface area contributed by atoms with Crippen molar-refractivity contribution in [2.24, 2.45) is 5.73 Å². The molecule has 5 nitrogen and oxygen atoms in total. The standard InChI is InChI=1S/C11H15FN4O/c1-3-7-5-4-6-8(12)9(7)16(10(13)14)11(17)15-2/h4-6H,3H2,1-2H3,(H3,13,14)(H,15,17). The van der Waals surface area contributed by atoms with Crippen LogP contribution < -0.4 is 16.0 Å². The molecule has 2 amide bonds. The minimum atomic E-state index is -0.641. The first-order valence-corrected chi connectivity index (χ1v) is 5.16. The number of hydrogen-bond donors (Lipinski definition) is 3. The molecule has 0 bridgehead atoms. The minimum absolute atomic E-state index is 0.0295. The number of urea groups is 1.